The predicted octanol–water partition coefficient (Wildman–Crippen LogP) is 5.80. The highest BCUT2D eigenvalue weighted by Crippen LogP contribution is 2.26. The van der Waals surface area contributed by atoms with E-state index < -0.39 is 5.97 Å². The number of benzene rings is 3. The summed E-state index contributed by atoms with van der Waals surface area (Å²) in [7, 11) is 0. The van der Waals surface area contributed by atoms with E-state index in [9.17, 15) is 4.79 Å². The van der Waals surface area contributed by atoms with Gasteiger partial charge in [0.2, 0.25) is 0 Å². The Labute approximate surface area is 193 Å². The fraction of sp³-hybridized carbons (Fsp3) is 0.192. The number of hydrogen-bond donors (Lipinski definition) is 2. The van der Waals surface area contributed by atoms with Crippen molar-refractivity contribution in [3.8, 4) is 16.9 Å². The molecule has 0 aliphatic heterocycles. The maximum absolute atomic E-state index is 10.6. The molecule has 0 radical (unpaired) electrons. The molecule has 0 bridgehead atoms. The van der Waals surface area contributed by atoms with Crippen molar-refractivity contribution in [2.24, 2.45) is 0 Å². The molecule has 0 saturated carbocycles. The van der Waals surface area contributed by atoms with Crippen molar-refractivity contribution < 1.29 is 19.5 Å². The molecule has 0 amide bonds. The molecule has 6 heteroatoms. The average molecular weight is 450 g/mol. The third-order valence-corrected chi connectivity index (χ3v) is 5.68. The monoisotopic (exact) mass is 449 g/mol. The number of aryl methyl sites for hydroxylation is 1. The lowest BCUT2D eigenvalue weighted by atomic mass is 10.0. The van der Waals surface area contributed by atoms with Gasteiger partial charge >= 0.3 is 5.97 Å². The molecule has 0 spiro atoms. The van der Waals surface area contributed by atoms with Crippen LogP contribution < -0.4 is 10.2 Å². The lowest BCUT2D eigenvalue weighted by Crippen LogP contribution is -2.15. The summed E-state index contributed by atoms with van der Waals surface area (Å²) in [4.78, 5) is 17.4. The minimum atomic E-state index is -0.986. The largest absolute Gasteiger partial charge is 0.482 e. The van der Waals surface area contributed by atoms with E-state index in [1.807, 2.05) is 50.3 Å². The zero-order chi connectivity index (χ0) is 22.8. The Morgan fingerprint density at radius 1 is 1.03 bits per heavy atom. The average Bonchev–Trinajstić information content (AvgIpc) is 2.81. The zero-order valence-electron chi connectivity index (χ0n) is 18.2. The van der Waals surface area contributed by atoms with Crippen LogP contribution in [0.4, 0.5) is 0 Å². The topological polar surface area (TPSA) is 67.8 Å². The second-order valence-corrected chi connectivity index (χ2v) is 8.22. The Morgan fingerprint density at radius 3 is 2.41 bits per heavy atom. The summed E-state index contributed by atoms with van der Waals surface area (Å²) in [6, 6.07) is 24.4. The van der Waals surface area contributed by atoms with Crippen molar-refractivity contribution >= 4 is 23.4 Å². The Hall–Kier alpha value is -3.22. The molecule has 0 heterocycles. The van der Waals surface area contributed by atoms with Crippen LogP contribution in [0.25, 0.3) is 16.8 Å². The van der Waals surface area contributed by atoms with Gasteiger partial charge in [0.05, 0.1) is 12.3 Å². The molecule has 3 rings (SSSR count). The third-order valence-electron chi connectivity index (χ3n) is 4.73. The summed E-state index contributed by atoms with van der Waals surface area (Å²) in [6.45, 7) is 4.07. The van der Waals surface area contributed by atoms with Crippen molar-refractivity contribution in [3.05, 3.63) is 90.0 Å². The van der Waals surface area contributed by atoms with Crippen LogP contribution in [0, 0.1) is 6.92 Å². The van der Waals surface area contributed by atoms with E-state index >= 15 is 0 Å². The number of hydroxylamine groups is 1. The number of ether oxygens (including phenoxy) is 1. The number of nitrogens with one attached hydrogen (secondary N) is 1. The van der Waals surface area contributed by atoms with E-state index in [-0.39, 0.29) is 6.61 Å². The van der Waals surface area contributed by atoms with Gasteiger partial charge in [0.15, 0.2) is 6.61 Å². The molecule has 5 nitrogen and oxygen atoms in total. The van der Waals surface area contributed by atoms with Crippen LogP contribution in [-0.4, -0.2) is 30.0 Å². The predicted molar refractivity (Wildman–Crippen MR) is 130 cm³/mol. The van der Waals surface area contributed by atoms with Crippen LogP contribution in [0.15, 0.2) is 83.8 Å². The Balaban J connectivity index is 1.44. The van der Waals surface area contributed by atoms with Crippen LogP contribution in [0.3, 0.4) is 0 Å². The SMILES string of the molecule is CC=C(NOCCSc1ccc(OCC(=O)O)c(C)c1)c1ccc(-c2ccccc2)cc1. The summed E-state index contributed by atoms with van der Waals surface area (Å²) in [5.74, 6) is 0.372. The first kappa shape index (κ1) is 23.4. The summed E-state index contributed by atoms with van der Waals surface area (Å²) < 4.78 is 5.26. The van der Waals surface area contributed by atoms with Crippen molar-refractivity contribution in [3.63, 3.8) is 0 Å². The van der Waals surface area contributed by atoms with Gasteiger partial charge in [-0.1, -0.05) is 60.7 Å². The number of hydrogen-bond acceptors (Lipinski definition) is 5. The van der Waals surface area contributed by atoms with Gasteiger partial charge in [-0.25, -0.2) is 4.79 Å². The molecule has 0 saturated heterocycles. The molecule has 0 aliphatic carbocycles. The molecule has 3 aromatic carbocycles. The normalized spacial score (nSPS) is 11.2. The molecular formula is C26H27NO4S. The van der Waals surface area contributed by atoms with E-state index in [0.717, 1.165) is 27.5 Å². The van der Waals surface area contributed by atoms with Crippen LogP contribution in [0.2, 0.25) is 0 Å². The van der Waals surface area contributed by atoms with Crippen LogP contribution in [0.1, 0.15) is 18.1 Å². The quantitative estimate of drug-likeness (QED) is 0.219. The van der Waals surface area contributed by atoms with Gasteiger partial charge in [0.25, 0.3) is 0 Å². The lowest BCUT2D eigenvalue weighted by molar-refractivity contribution is -0.139. The standard InChI is InChI=1S/C26H27NO4S/c1-3-24(22-11-9-21(10-12-22)20-7-5-4-6-8-20)27-31-15-16-32-23-13-14-25(19(2)17-23)30-18-26(28)29/h3-14,17,27H,15-16,18H2,1-2H3,(H,28,29). The molecular weight excluding hydrogens is 422 g/mol. The highest BCUT2D eigenvalue weighted by Gasteiger charge is 2.05. The van der Waals surface area contributed by atoms with E-state index in [1.165, 1.54) is 11.1 Å². The maximum atomic E-state index is 10.6. The minimum Gasteiger partial charge on any atom is -0.482 e. The van der Waals surface area contributed by atoms with Crippen molar-refractivity contribution in [1.29, 1.82) is 0 Å². The number of carboxylic acid groups (broad SMARTS) is 1. The highest BCUT2D eigenvalue weighted by molar-refractivity contribution is 7.99. The number of carbonyl (C=O) groups is 1. The fourth-order valence-electron chi connectivity index (χ4n) is 3.10. The van der Waals surface area contributed by atoms with Crippen molar-refractivity contribution in [2.45, 2.75) is 18.7 Å². The van der Waals surface area contributed by atoms with E-state index in [2.05, 4.69) is 41.9 Å². The van der Waals surface area contributed by atoms with Gasteiger partial charge in [-0.05, 0) is 54.3 Å². The summed E-state index contributed by atoms with van der Waals surface area (Å²) in [6.07, 6.45) is 1.99. The van der Waals surface area contributed by atoms with E-state index in [1.54, 1.807) is 17.8 Å². The summed E-state index contributed by atoms with van der Waals surface area (Å²) in [5, 5.41) is 8.72. The molecule has 0 atom stereocenters. The smallest absolute Gasteiger partial charge is 0.341 e. The highest BCUT2D eigenvalue weighted by atomic mass is 32.2. The first-order valence-corrected chi connectivity index (χ1v) is 11.3. The van der Waals surface area contributed by atoms with Gasteiger partial charge in [-0.3, -0.25) is 10.3 Å². The van der Waals surface area contributed by atoms with E-state index in [0.29, 0.717) is 12.4 Å². The molecule has 32 heavy (non-hydrogen) atoms. The van der Waals surface area contributed by atoms with Crippen molar-refractivity contribution in [1.82, 2.24) is 5.48 Å². The number of rotatable bonds is 11. The zero-order valence-corrected chi connectivity index (χ0v) is 19.0. The van der Waals surface area contributed by atoms with E-state index in [4.69, 9.17) is 14.7 Å². The van der Waals surface area contributed by atoms with Gasteiger partial charge in [0.1, 0.15) is 5.75 Å². The molecule has 2 N–H and O–H groups in total. The third kappa shape index (κ3) is 6.90. The number of thioether (sulfide) groups is 1. The van der Waals surface area contributed by atoms with Crippen molar-refractivity contribution in [2.75, 3.05) is 19.0 Å². The molecule has 166 valence electrons. The second-order valence-electron chi connectivity index (χ2n) is 7.05. The van der Waals surface area contributed by atoms with Gasteiger partial charge < -0.3 is 9.84 Å². The Morgan fingerprint density at radius 2 is 1.75 bits per heavy atom. The maximum Gasteiger partial charge on any atom is 0.341 e. The Kier molecular flexibility index (Phi) is 8.78. The number of aliphatic carboxylic acids is 1. The molecule has 3 aromatic rings. The minimum absolute atomic E-state index is 0.338. The lowest BCUT2D eigenvalue weighted by Gasteiger charge is -2.12. The fourth-order valence-corrected chi connectivity index (χ4v) is 3.93. The van der Waals surface area contributed by atoms with Gasteiger partial charge in [-0.15, -0.1) is 11.8 Å². The summed E-state index contributed by atoms with van der Waals surface area (Å²) >= 11 is 1.67. The number of carboxylic acids is 1. The Bertz CT molecular complexity index is 1050. The molecule has 0 aliphatic rings. The van der Waals surface area contributed by atoms with Gasteiger partial charge in [-0.2, -0.15) is 0 Å². The summed E-state index contributed by atoms with van der Waals surface area (Å²) in [5.41, 5.74) is 8.31. The molecule has 0 aromatic heterocycles. The molecule has 0 unspecified atom stereocenters. The van der Waals surface area contributed by atoms with Crippen LogP contribution in [0.5, 0.6) is 5.75 Å². The van der Waals surface area contributed by atoms with Gasteiger partial charge in [0, 0.05) is 10.6 Å². The van der Waals surface area contributed by atoms with Crippen LogP contribution >= 0.6 is 11.8 Å². The second kappa shape index (κ2) is 12.0. The molecule has 0 fully saturated rings. The number of allylic oxidation sites excluding steroid dienone is 1. The first-order chi connectivity index (χ1) is 15.6. The van der Waals surface area contributed by atoms with Crippen LogP contribution in [-0.2, 0) is 9.63 Å². The first-order valence-electron chi connectivity index (χ1n) is 10.3.